The zero-order valence-corrected chi connectivity index (χ0v) is 14.5. The molecule has 0 spiro atoms. The van der Waals surface area contributed by atoms with Crippen LogP contribution < -0.4 is 10.2 Å². The van der Waals surface area contributed by atoms with Crippen molar-refractivity contribution in [2.24, 2.45) is 0 Å². The summed E-state index contributed by atoms with van der Waals surface area (Å²) in [6, 6.07) is 9.76. The lowest BCUT2D eigenvalue weighted by atomic mass is 10.2. The van der Waals surface area contributed by atoms with E-state index in [9.17, 15) is 18.7 Å². The fourth-order valence-electron chi connectivity index (χ4n) is 3.08. The number of hydrogen-bond acceptors (Lipinski definition) is 4. The van der Waals surface area contributed by atoms with Gasteiger partial charge in [-0.3, -0.25) is 9.69 Å². The van der Waals surface area contributed by atoms with E-state index in [2.05, 4.69) is 10.2 Å². The Labute approximate surface area is 150 Å². The molecule has 1 atom stereocenters. The number of anilines is 2. The van der Waals surface area contributed by atoms with Crippen LogP contribution in [0.2, 0.25) is 0 Å². The van der Waals surface area contributed by atoms with Crippen LogP contribution in [0.5, 0.6) is 5.75 Å². The van der Waals surface area contributed by atoms with Gasteiger partial charge in [-0.05, 0) is 31.2 Å². The molecule has 26 heavy (non-hydrogen) atoms. The molecule has 0 unspecified atom stereocenters. The Morgan fingerprint density at radius 2 is 1.81 bits per heavy atom. The molecule has 1 heterocycles. The Bertz CT molecular complexity index is 792. The van der Waals surface area contributed by atoms with Crippen molar-refractivity contribution in [2.75, 3.05) is 36.4 Å². The standard InChI is InChI=1S/C19H21F2N3O2/c1-13(19(26)22-16-7-6-14(20)12-15(16)21)23-8-10-24(11-9-23)17-4-2-3-5-18(17)25/h2-7,12-13,25H,8-11H2,1H3,(H,22,26)/t13-/m0/s1. The van der Waals surface area contributed by atoms with Gasteiger partial charge in [0.15, 0.2) is 0 Å². The number of phenolic OH excluding ortho intramolecular Hbond substituents is 1. The molecule has 1 amide bonds. The van der Waals surface area contributed by atoms with E-state index in [0.29, 0.717) is 26.2 Å². The molecule has 0 aliphatic carbocycles. The van der Waals surface area contributed by atoms with Crippen molar-refractivity contribution in [3.05, 3.63) is 54.1 Å². The van der Waals surface area contributed by atoms with Gasteiger partial charge in [0.1, 0.15) is 17.4 Å². The lowest BCUT2D eigenvalue weighted by Crippen LogP contribution is -2.52. The van der Waals surface area contributed by atoms with Gasteiger partial charge in [-0.1, -0.05) is 12.1 Å². The number of phenols is 1. The minimum Gasteiger partial charge on any atom is -0.506 e. The van der Waals surface area contributed by atoms with Crippen molar-refractivity contribution in [3.63, 3.8) is 0 Å². The summed E-state index contributed by atoms with van der Waals surface area (Å²) in [6.07, 6.45) is 0. The minimum atomic E-state index is -0.796. The first-order chi connectivity index (χ1) is 12.5. The van der Waals surface area contributed by atoms with E-state index < -0.39 is 17.7 Å². The minimum absolute atomic E-state index is 0.0314. The van der Waals surface area contributed by atoms with Gasteiger partial charge >= 0.3 is 0 Å². The van der Waals surface area contributed by atoms with E-state index >= 15 is 0 Å². The van der Waals surface area contributed by atoms with Crippen molar-refractivity contribution in [1.82, 2.24) is 4.90 Å². The maximum Gasteiger partial charge on any atom is 0.241 e. The molecule has 1 saturated heterocycles. The Morgan fingerprint density at radius 1 is 1.12 bits per heavy atom. The maximum absolute atomic E-state index is 13.7. The molecule has 0 saturated carbocycles. The lowest BCUT2D eigenvalue weighted by Gasteiger charge is -2.38. The van der Waals surface area contributed by atoms with Crippen LogP contribution in [-0.2, 0) is 4.79 Å². The van der Waals surface area contributed by atoms with Crippen LogP contribution in [0.25, 0.3) is 0 Å². The van der Waals surface area contributed by atoms with Gasteiger partial charge in [0.05, 0.1) is 17.4 Å². The number of hydrogen-bond donors (Lipinski definition) is 2. The zero-order valence-electron chi connectivity index (χ0n) is 14.5. The van der Waals surface area contributed by atoms with Crippen LogP contribution in [0.1, 0.15) is 6.92 Å². The average Bonchev–Trinajstić information content (AvgIpc) is 2.64. The Hall–Kier alpha value is -2.67. The normalized spacial score (nSPS) is 16.3. The summed E-state index contributed by atoms with van der Waals surface area (Å²) in [5, 5.41) is 12.5. The number of rotatable bonds is 4. The summed E-state index contributed by atoms with van der Waals surface area (Å²) in [4.78, 5) is 16.4. The second kappa shape index (κ2) is 7.70. The van der Waals surface area contributed by atoms with E-state index in [1.54, 1.807) is 19.1 Å². The van der Waals surface area contributed by atoms with Gasteiger partial charge in [-0.2, -0.15) is 0 Å². The highest BCUT2D eigenvalue weighted by Gasteiger charge is 2.26. The van der Waals surface area contributed by atoms with Crippen molar-refractivity contribution in [3.8, 4) is 5.75 Å². The van der Waals surface area contributed by atoms with Crippen molar-refractivity contribution in [2.45, 2.75) is 13.0 Å². The predicted molar refractivity (Wildman–Crippen MR) is 96.3 cm³/mol. The molecule has 2 aromatic rings. The van der Waals surface area contributed by atoms with Crippen molar-refractivity contribution >= 4 is 17.3 Å². The molecule has 0 radical (unpaired) electrons. The number of nitrogens with one attached hydrogen (secondary N) is 1. The van der Waals surface area contributed by atoms with Gasteiger partial charge in [-0.15, -0.1) is 0 Å². The summed E-state index contributed by atoms with van der Waals surface area (Å²) in [7, 11) is 0. The quantitative estimate of drug-likeness (QED) is 0.879. The number of nitrogens with zero attached hydrogens (tertiary/aromatic N) is 2. The number of amides is 1. The topological polar surface area (TPSA) is 55.8 Å². The lowest BCUT2D eigenvalue weighted by molar-refractivity contribution is -0.120. The third-order valence-electron chi connectivity index (χ3n) is 4.65. The third-order valence-corrected chi connectivity index (χ3v) is 4.65. The summed E-state index contributed by atoms with van der Waals surface area (Å²) in [5.41, 5.74) is 0.744. The number of carbonyl (C=O) groups excluding carboxylic acids is 1. The van der Waals surface area contributed by atoms with E-state index in [1.807, 2.05) is 17.0 Å². The largest absolute Gasteiger partial charge is 0.506 e. The molecule has 1 aliphatic rings. The number of para-hydroxylation sites is 2. The van der Waals surface area contributed by atoms with Gasteiger partial charge in [0.25, 0.3) is 0 Å². The molecule has 138 valence electrons. The molecule has 5 nitrogen and oxygen atoms in total. The number of aromatic hydroxyl groups is 1. The monoisotopic (exact) mass is 361 g/mol. The van der Waals surface area contributed by atoms with E-state index in [0.717, 1.165) is 17.8 Å². The first-order valence-electron chi connectivity index (χ1n) is 8.48. The van der Waals surface area contributed by atoms with Crippen molar-refractivity contribution < 1.29 is 18.7 Å². The van der Waals surface area contributed by atoms with E-state index in [1.165, 1.54) is 6.07 Å². The molecule has 2 aromatic carbocycles. The van der Waals surface area contributed by atoms with Crippen LogP contribution in [0.3, 0.4) is 0 Å². The molecule has 1 fully saturated rings. The molecule has 0 bridgehead atoms. The first kappa shape index (κ1) is 18.1. The van der Waals surface area contributed by atoms with E-state index in [4.69, 9.17) is 0 Å². The Kier molecular flexibility index (Phi) is 5.37. The summed E-state index contributed by atoms with van der Waals surface area (Å²) in [5.74, 6) is -1.59. The SMILES string of the molecule is C[C@@H](C(=O)Nc1ccc(F)cc1F)N1CCN(c2ccccc2O)CC1. The summed E-state index contributed by atoms with van der Waals surface area (Å²) >= 11 is 0. The number of halogens is 2. The maximum atomic E-state index is 13.7. The second-order valence-electron chi connectivity index (χ2n) is 6.30. The van der Waals surface area contributed by atoms with E-state index in [-0.39, 0.29) is 17.3 Å². The van der Waals surface area contributed by atoms with Gasteiger partial charge in [0.2, 0.25) is 5.91 Å². The molecular formula is C19H21F2N3O2. The molecule has 2 N–H and O–H groups in total. The highest BCUT2D eigenvalue weighted by molar-refractivity contribution is 5.94. The van der Waals surface area contributed by atoms with Crippen LogP contribution in [0.15, 0.2) is 42.5 Å². The van der Waals surface area contributed by atoms with Crippen LogP contribution in [0.4, 0.5) is 20.2 Å². The molecular weight excluding hydrogens is 340 g/mol. The zero-order chi connectivity index (χ0) is 18.7. The van der Waals surface area contributed by atoms with Crippen LogP contribution >= 0.6 is 0 Å². The van der Waals surface area contributed by atoms with Gasteiger partial charge in [0, 0.05) is 32.2 Å². The second-order valence-corrected chi connectivity index (χ2v) is 6.30. The number of carbonyl (C=O) groups is 1. The Balaban J connectivity index is 1.58. The number of piperazine rings is 1. The van der Waals surface area contributed by atoms with Crippen molar-refractivity contribution in [1.29, 1.82) is 0 Å². The third kappa shape index (κ3) is 3.94. The fraction of sp³-hybridized carbons (Fsp3) is 0.316. The highest BCUT2D eigenvalue weighted by Crippen LogP contribution is 2.27. The Morgan fingerprint density at radius 3 is 2.46 bits per heavy atom. The molecule has 3 rings (SSSR count). The molecule has 7 heteroatoms. The molecule has 0 aromatic heterocycles. The number of benzene rings is 2. The van der Waals surface area contributed by atoms with Crippen LogP contribution in [0, 0.1) is 11.6 Å². The first-order valence-corrected chi connectivity index (χ1v) is 8.48. The van der Waals surface area contributed by atoms with Gasteiger partial charge in [-0.25, -0.2) is 8.78 Å². The molecule has 1 aliphatic heterocycles. The summed E-state index contributed by atoms with van der Waals surface area (Å²) in [6.45, 7) is 4.36. The average molecular weight is 361 g/mol. The smallest absolute Gasteiger partial charge is 0.241 e. The highest BCUT2D eigenvalue weighted by atomic mass is 19.1. The predicted octanol–water partition coefficient (Wildman–Crippen LogP) is 2.82. The van der Waals surface area contributed by atoms with Crippen LogP contribution in [-0.4, -0.2) is 48.1 Å². The van der Waals surface area contributed by atoms with Gasteiger partial charge < -0.3 is 15.3 Å². The fourth-order valence-corrected chi connectivity index (χ4v) is 3.08. The summed E-state index contributed by atoms with van der Waals surface area (Å²) < 4.78 is 26.7.